The topological polar surface area (TPSA) is 84.0 Å². The molecule has 0 aromatic carbocycles. The third-order valence-electron chi connectivity index (χ3n) is 2.93. The van der Waals surface area contributed by atoms with Crippen LogP contribution in [0.2, 0.25) is 5.02 Å². The van der Waals surface area contributed by atoms with Crippen molar-refractivity contribution in [2.45, 2.75) is 18.1 Å². The molecule has 0 aliphatic carbocycles. The van der Waals surface area contributed by atoms with Gasteiger partial charge in [-0.1, -0.05) is 11.6 Å². The minimum absolute atomic E-state index is 0.276. The second-order valence-electron chi connectivity index (χ2n) is 4.15. The van der Waals surface area contributed by atoms with Crippen molar-refractivity contribution in [3.8, 4) is 0 Å². The summed E-state index contributed by atoms with van der Waals surface area (Å²) in [6, 6.07) is 0. The molecule has 0 spiro atoms. The van der Waals surface area contributed by atoms with Gasteiger partial charge < -0.3 is 10.6 Å². The van der Waals surface area contributed by atoms with Crippen LogP contribution in [0.15, 0.2) is 6.20 Å². The standard InChI is InChI=1S/C10H15ClN4O2S/c1-12-10-14-6-8(11)9(15-10)13-5-7-3-2-4-18(7,16)17/h6-7H,2-5H2,1H3,(H2,12,13,14,15). The Morgan fingerprint density at radius 2 is 2.33 bits per heavy atom. The molecule has 2 rings (SSSR count). The van der Waals surface area contributed by atoms with E-state index in [-0.39, 0.29) is 11.0 Å². The number of hydrogen-bond donors (Lipinski definition) is 2. The molecule has 1 unspecified atom stereocenters. The number of hydrogen-bond acceptors (Lipinski definition) is 6. The van der Waals surface area contributed by atoms with Crippen molar-refractivity contribution < 1.29 is 8.42 Å². The highest BCUT2D eigenvalue weighted by Crippen LogP contribution is 2.23. The predicted octanol–water partition coefficient (Wildman–Crippen LogP) is 1.16. The second kappa shape index (κ2) is 5.27. The number of halogens is 1. The van der Waals surface area contributed by atoms with Gasteiger partial charge in [0.05, 0.1) is 17.2 Å². The fraction of sp³-hybridized carbons (Fsp3) is 0.600. The van der Waals surface area contributed by atoms with Gasteiger partial charge in [-0.15, -0.1) is 0 Å². The molecular formula is C10H15ClN4O2S. The van der Waals surface area contributed by atoms with Crippen molar-refractivity contribution in [1.29, 1.82) is 0 Å². The normalized spacial score (nSPS) is 21.8. The molecule has 0 radical (unpaired) electrons. The molecule has 0 saturated carbocycles. The zero-order valence-corrected chi connectivity index (χ0v) is 11.6. The van der Waals surface area contributed by atoms with Crippen molar-refractivity contribution in [3.05, 3.63) is 11.2 Å². The monoisotopic (exact) mass is 290 g/mol. The first-order chi connectivity index (χ1) is 8.53. The van der Waals surface area contributed by atoms with Crippen LogP contribution in [0.1, 0.15) is 12.8 Å². The molecular weight excluding hydrogens is 276 g/mol. The van der Waals surface area contributed by atoms with Crippen molar-refractivity contribution >= 4 is 33.2 Å². The van der Waals surface area contributed by atoms with E-state index in [1.54, 1.807) is 7.05 Å². The van der Waals surface area contributed by atoms with Crippen LogP contribution in [0.25, 0.3) is 0 Å². The summed E-state index contributed by atoms with van der Waals surface area (Å²) in [6.45, 7) is 0.336. The van der Waals surface area contributed by atoms with Gasteiger partial charge in [0.2, 0.25) is 5.95 Å². The summed E-state index contributed by atoms with van der Waals surface area (Å²) in [4.78, 5) is 8.09. The Kier molecular flexibility index (Phi) is 3.91. The maximum Gasteiger partial charge on any atom is 0.224 e. The highest BCUT2D eigenvalue weighted by molar-refractivity contribution is 7.92. The highest BCUT2D eigenvalue weighted by atomic mass is 35.5. The van der Waals surface area contributed by atoms with Crippen LogP contribution in [0.3, 0.4) is 0 Å². The molecule has 0 amide bonds. The van der Waals surface area contributed by atoms with E-state index in [1.165, 1.54) is 6.20 Å². The number of anilines is 2. The SMILES string of the molecule is CNc1ncc(Cl)c(NCC2CCCS2(=O)=O)n1. The molecule has 18 heavy (non-hydrogen) atoms. The Hall–Kier alpha value is -1.08. The van der Waals surface area contributed by atoms with Crippen LogP contribution in [0.5, 0.6) is 0 Å². The van der Waals surface area contributed by atoms with Crippen LogP contribution >= 0.6 is 11.6 Å². The lowest BCUT2D eigenvalue weighted by Crippen LogP contribution is -2.25. The Labute approximate surface area is 111 Å². The van der Waals surface area contributed by atoms with E-state index in [9.17, 15) is 8.42 Å². The van der Waals surface area contributed by atoms with Crippen molar-refractivity contribution in [3.63, 3.8) is 0 Å². The van der Waals surface area contributed by atoms with Crippen LogP contribution in [-0.4, -0.2) is 43.0 Å². The lowest BCUT2D eigenvalue weighted by Gasteiger charge is -2.12. The van der Waals surface area contributed by atoms with E-state index in [0.29, 0.717) is 29.8 Å². The number of rotatable bonds is 4. The lowest BCUT2D eigenvalue weighted by atomic mass is 10.2. The summed E-state index contributed by atoms with van der Waals surface area (Å²) in [7, 11) is -1.25. The van der Waals surface area contributed by atoms with Gasteiger partial charge in [-0.3, -0.25) is 0 Å². The number of nitrogens with one attached hydrogen (secondary N) is 2. The van der Waals surface area contributed by atoms with Gasteiger partial charge in [-0.05, 0) is 12.8 Å². The van der Waals surface area contributed by atoms with Crippen LogP contribution in [0.4, 0.5) is 11.8 Å². The smallest absolute Gasteiger partial charge is 0.224 e. The molecule has 1 aromatic rings. The van der Waals surface area contributed by atoms with E-state index in [0.717, 1.165) is 6.42 Å². The zero-order chi connectivity index (χ0) is 13.2. The Morgan fingerprint density at radius 1 is 1.56 bits per heavy atom. The summed E-state index contributed by atoms with van der Waals surface area (Å²) >= 11 is 5.94. The summed E-state index contributed by atoms with van der Waals surface area (Å²) in [5.74, 6) is 1.17. The van der Waals surface area contributed by atoms with Crippen LogP contribution in [-0.2, 0) is 9.84 Å². The summed E-state index contributed by atoms with van der Waals surface area (Å²) in [5, 5.41) is 5.82. The highest BCUT2D eigenvalue weighted by Gasteiger charge is 2.31. The summed E-state index contributed by atoms with van der Waals surface area (Å²) in [6.07, 6.45) is 2.90. The van der Waals surface area contributed by atoms with E-state index in [4.69, 9.17) is 11.6 Å². The number of sulfone groups is 1. The first-order valence-corrected chi connectivity index (χ1v) is 7.78. The van der Waals surface area contributed by atoms with Crippen molar-refractivity contribution in [1.82, 2.24) is 9.97 Å². The molecule has 0 bridgehead atoms. The zero-order valence-electron chi connectivity index (χ0n) is 9.98. The first kappa shape index (κ1) is 13.4. The van der Waals surface area contributed by atoms with Gasteiger partial charge in [0.25, 0.3) is 0 Å². The van der Waals surface area contributed by atoms with Gasteiger partial charge in [0, 0.05) is 13.6 Å². The number of aromatic nitrogens is 2. The largest absolute Gasteiger partial charge is 0.367 e. The lowest BCUT2D eigenvalue weighted by molar-refractivity contribution is 0.591. The fourth-order valence-electron chi connectivity index (χ4n) is 1.91. The molecule has 2 heterocycles. The molecule has 1 atom stereocenters. The maximum atomic E-state index is 11.7. The van der Waals surface area contributed by atoms with Gasteiger partial charge in [-0.25, -0.2) is 13.4 Å². The van der Waals surface area contributed by atoms with E-state index < -0.39 is 9.84 Å². The third kappa shape index (κ3) is 2.84. The summed E-state index contributed by atoms with van der Waals surface area (Å²) in [5.41, 5.74) is 0. The minimum Gasteiger partial charge on any atom is -0.367 e. The van der Waals surface area contributed by atoms with Gasteiger partial charge >= 0.3 is 0 Å². The first-order valence-electron chi connectivity index (χ1n) is 5.68. The second-order valence-corrected chi connectivity index (χ2v) is 6.96. The average Bonchev–Trinajstić information content (AvgIpc) is 2.67. The predicted molar refractivity (Wildman–Crippen MR) is 71.9 cm³/mol. The van der Waals surface area contributed by atoms with Gasteiger partial charge in [-0.2, -0.15) is 4.98 Å². The van der Waals surface area contributed by atoms with Gasteiger partial charge in [0.1, 0.15) is 5.02 Å². The van der Waals surface area contributed by atoms with Gasteiger partial charge in [0.15, 0.2) is 15.7 Å². The molecule has 1 aromatic heterocycles. The van der Waals surface area contributed by atoms with Crippen LogP contribution < -0.4 is 10.6 Å². The quantitative estimate of drug-likeness (QED) is 0.866. The molecule has 1 saturated heterocycles. The molecule has 1 aliphatic rings. The van der Waals surface area contributed by atoms with Crippen molar-refractivity contribution in [2.75, 3.05) is 30.0 Å². The molecule has 6 nitrogen and oxygen atoms in total. The fourth-order valence-corrected chi connectivity index (χ4v) is 3.83. The molecule has 1 fully saturated rings. The summed E-state index contributed by atoms with van der Waals surface area (Å²) < 4.78 is 23.3. The minimum atomic E-state index is -2.95. The Morgan fingerprint density at radius 3 is 2.94 bits per heavy atom. The molecule has 1 aliphatic heterocycles. The number of nitrogens with zero attached hydrogens (tertiary/aromatic N) is 2. The van der Waals surface area contributed by atoms with E-state index >= 15 is 0 Å². The molecule has 8 heteroatoms. The van der Waals surface area contributed by atoms with E-state index in [1.807, 2.05) is 0 Å². The molecule has 100 valence electrons. The maximum absolute atomic E-state index is 11.7. The Bertz CT molecular complexity index is 535. The Balaban J connectivity index is 2.06. The van der Waals surface area contributed by atoms with Crippen LogP contribution in [0, 0.1) is 0 Å². The third-order valence-corrected chi connectivity index (χ3v) is 5.48. The molecule has 2 N–H and O–H groups in total. The average molecular weight is 291 g/mol. The van der Waals surface area contributed by atoms with Crippen molar-refractivity contribution in [2.24, 2.45) is 0 Å². The van der Waals surface area contributed by atoms with E-state index in [2.05, 4.69) is 20.6 Å².